The van der Waals surface area contributed by atoms with Gasteiger partial charge in [-0.05, 0) is 35.4 Å². The minimum atomic E-state index is -0.179. The van der Waals surface area contributed by atoms with Gasteiger partial charge in [0, 0.05) is 34.2 Å². The highest BCUT2D eigenvalue weighted by Gasteiger charge is 2.09. The zero-order valence-corrected chi connectivity index (χ0v) is 17.8. The van der Waals surface area contributed by atoms with Crippen LogP contribution < -0.4 is 10.2 Å². The SMILES string of the molecule is COc1ccc(CC(=O)N/N=C\c2cn(Cc3ccccc3Cl)c3ccccc23)cc1. The molecule has 0 atom stereocenters. The number of carbonyl (C=O) groups is 1. The molecule has 156 valence electrons. The summed E-state index contributed by atoms with van der Waals surface area (Å²) in [5.74, 6) is 0.580. The van der Waals surface area contributed by atoms with Gasteiger partial charge in [0.2, 0.25) is 5.91 Å². The second kappa shape index (κ2) is 9.49. The Labute approximate surface area is 185 Å². The molecule has 0 saturated carbocycles. The Morgan fingerprint density at radius 2 is 1.81 bits per heavy atom. The number of methoxy groups -OCH3 is 1. The van der Waals surface area contributed by atoms with Crippen molar-refractivity contribution >= 4 is 34.6 Å². The van der Waals surface area contributed by atoms with Crippen LogP contribution in [0.1, 0.15) is 16.7 Å². The summed E-state index contributed by atoms with van der Waals surface area (Å²) in [5.41, 5.74) is 6.55. The number of nitrogens with one attached hydrogen (secondary N) is 1. The summed E-state index contributed by atoms with van der Waals surface area (Å²) in [6.45, 7) is 0.651. The number of hydrogen-bond acceptors (Lipinski definition) is 3. The lowest BCUT2D eigenvalue weighted by Gasteiger charge is -2.07. The summed E-state index contributed by atoms with van der Waals surface area (Å²) in [7, 11) is 1.61. The van der Waals surface area contributed by atoms with E-state index in [0.29, 0.717) is 6.54 Å². The van der Waals surface area contributed by atoms with Crippen LogP contribution in [-0.4, -0.2) is 23.8 Å². The molecule has 1 N–H and O–H groups in total. The molecule has 3 aromatic carbocycles. The zero-order chi connectivity index (χ0) is 21.6. The van der Waals surface area contributed by atoms with E-state index in [1.165, 1.54) is 0 Å². The molecule has 1 aromatic heterocycles. The van der Waals surface area contributed by atoms with Gasteiger partial charge in [-0.25, -0.2) is 5.43 Å². The molecule has 0 aliphatic carbocycles. The van der Waals surface area contributed by atoms with Crippen LogP contribution >= 0.6 is 11.6 Å². The summed E-state index contributed by atoms with van der Waals surface area (Å²) in [6.07, 6.45) is 3.94. The van der Waals surface area contributed by atoms with E-state index in [1.54, 1.807) is 13.3 Å². The van der Waals surface area contributed by atoms with Crippen LogP contribution in [0.3, 0.4) is 0 Å². The van der Waals surface area contributed by atoms with Gasteiger partial charge in [0.25, 0.3) is 0 Å². The van der Waals surface area contributed by atoms with Crippen molar-refractivity contribution in [2.45, 2.75) is 13.0 Å². The van der Waals surface area contributed by atoms with Gasteiger partial charge in [-0.1, -0.05) is 60.1 Å². The Hall–Kier alpha value is -3.57. The third-order valence-corrected chi connectivity index (χ3v) is 5.40. The molecule has 0 spiro atoms. The molecule has 0 saturated heterocycles. The maximum atomic E-state index is 12.2. The standard InChI is InChI=1S/C25H22ClN3O2/c1-31-21-12-10-18(11-13-21)14-25(30)28-27-15-20-17-29(24-9-5-3-7-22(20)24)16-19-6-2-4-8-23(19)26/h2-13,15,17H,14,16H2,1H3,(H,28,30)/b27-15-. The number of amides is 1. The van der Waals surface area contributed by atoms with Crippen LogP contribution in [-0.2, 0) is 17.8 Å². The smallest absolute Gasteiger partial charge is 0.244 e. The topological polar surface area (TPSA) is 55.6 Å². The highest BCUT2D eigenvalue weighted by atomic mass is 35.5. The van der Waals surface area contributed by atoms with Gasteiger partial charge in [-0.2, -0.15) is 5.10 Å². The van der Waals surface area contributed by atoms with Gasteiger partial charge < -0.3 is 9.30 Å². The Balaban J connectivity index is 1.48. The lowest BCUT2D eigenvalue weighted by molar-refractivity contribution is -0.120. The molecule has 6 heteroatoms. The van der Waals surface area contributed by atoms with Crippen molar-refractivity contribution in [3.8, 4) is 5.75 Å². The van der Waals surface area contributed by atoms with Crippen LogP contribution in [0.15, 0.2) is 84.1 Å². The molecule has 5 nitrogen and oxygen atoms in total. The van der Waals surface area contributed by atoms with Gasteiger partial charge in [0.05, 0.1) is 19.7 Å². The largest absolute Gasteiger partial charge is 0.497 e. The first-order valence-electron chi connectivity index (χ1n) is 9.90. The normalized spacial score (nSPS) is 11.2. The first kappa shape index (κ1) is 20.7. The fourth-order valence-electron chi connectivity index (χ4n) is 3.46. The number of nitrogens with zero attached hydrogens (tertiary/aromatic N) is 2. The Kier molecular flexibility index (Phi) is 6.34. The monoisotopic (exact) mass is 431 g/mol. The molecule has 0 aliphatic rings. The van der Waals surface area contributed by atoms with Crippen molar-refractivity contribution in [2.75, 3.05) is 7.11 Å². The van der Waals surface area contributed by atoms with Gasteiger partial charge >= 0.3 is 0 Å². The number of halogens is 1. The number of rotatable bonds is 7. The van der Waals surface area contributed by atoms with E-state index in [9.17, 15) is 4.79 Å². The molecule has 4 rings (SSSR count). The van der Waals surface area contributed by atoms with E-state index in [4.69, 9.17) is 16.3 Å². The molecule has 0 aliphatic heterocycles. The number of para-hydroxylation sites is 1. The van der Waals surface area contributed by atoms with Crippen molar-refractivity contribution in [2.24, 2.45) is 5.10 Å². The van der Waals surface area contributed by atoms with Crippen molar-refractivity contribution in [1.29, 1.82) is 0 Å². The van der Waals surface area contributed by atoms with Gasteiger partial charge in [-0.15, -0.1) is 0 Å². The third-order valence-electron chi connectivity index (χ3n) is 5.03. The number of hydrazone groups is 1. The summed E-state index contributed by atoms with van der Waals surface area (Å²) >= 11 is 6.34. The first-order chi connectivity index (χ1) is 15.1. The van der Waals surface area contributed by atoms with Crippen LogP contribution in [0.5, 0.6) is 5.75 Å². The summed E-state index contributed by atoms with van der Waals surface area (Å²) < 4.78 is 7.27. The summed E-state index contributed by atoms with van der Waals surface area (Å²) in [4.78, 5) is 12.2. The predicted octanol–water partition coefficient (Wildman–Crippen LogP) is 5.04. The number of hydrogen-bond donors (Lipinski definition) is 1. The van der Waals surface area contributed by atoms with Crippen molar-refractivity contribution < 1.29 is 9.53 Å². The molecule has 0 fully saturated rings. The molecule has 0 bridgehead atoms. The summed E-state index contributed by atoms with van der Waals surface area (Å²) in [6, 6.07) is 23.3. The van der Waals surface area contributed by atoms with Gasteiger partial charge in [0.1, 0.15) is 5.75 Å². The lowest BCUT2D eigenvalue weighted by atomic mass is 10.1. The van der Waals surface area contributed by atoms with Gasteiger partial charge in [0.15, 0.2) is 0 Å². The fraction of sp³-hybridized carbons (Fsp3) is 0.120. The molecule has 4 aromatic rings. The molecule has 1 heterocycles. The van der Waals surface area contributed by atoms with Crippen molar-refractivity contribution in [3.05, 3.63) is 101 Å². The Bertz CT molecular complexity index is 1230. The van der Waals surface area contributed by atoms with Gasteiger partial charge in [-0.3, -0.25) is 4.79 Å². The second-order valence-corrected chi connectivity index (χ2v) is 7.55. The van der Waals surface area contributed by atoms with Crippen molar-refractivity contribution in [1.82, 2.24) is 9.99 Å². The second-order valence-electron chi connectivity index (χ2n) is 7.14. The highest BCUT2D eigenvalue weighted by Crippen LogP contribution is 2.23. The van der Waals surface area contributed by atoms with E-state index in [2.05, 4.69) is 21.2 Å². The number of fused-ring (bicyclic) bond motifs is 1. The molecular formula is C25H22ClN3O2. The highest BCUT2D eigenvalue weighted by molar-refractivity contribution is 6.31. The van der Waals surface area contributed by atoms with Crippen LogP contribution in [0.25, 0.3) is 10.9 Å². The fourth-order valence-corrected chi connectivity index (χ4v) is 3.66. The quantitative estimate of drug-likeness (QED) is 0.329. The minimum absolute atomic E-state index is 0.179. The maximum absolute atomic E-state index is 12.2. The van der Waals surface area contributed by atoms with Crippen LogP contribution in [0.2, 0.25) is 5.02 Å². The van der Waals surface area contributed by atoms with Crippen LogP contribution in [0, 0.1) is 0 Å². The molecule has 0 unspecified atom stereocenters. The maximum Gasteiger partial charge on any atom is 0.244 e. The first-order valence-corrected chi connectivity index (χ1v) is 10.3. The predicted molar refractivity (Wildman–Crippen MR) is 125 cm³/mol. The van der Waals surface area contributed by atoms with E-state index in [1.807, 2.05) is 72.9 Å². The summed E-state index contributed by atoms with van der Waals surface area (Å²) in [5, 5.41) is 5.97. The number of ether oxygens (including phenoxy) is 1. The van der Waals surface area contributed by atoms with Crippen molar-refractivity contribution in [3.63, 3.8) is 0 Å². The number of benzene rings is 3. The zero-order valence-electron chi connectivity index (χ0n) is 17.1. The Morgan fingerprint density at radius 1 is 1.06 bits per heavy atom. The molecule has 1 amide bonds. The molecule has 31 heavy (non-hydrogen) atoms. The Morgan fingerprint density at radius 3 is 2.58 bits per heavy atom. The van der Waals surface area contributed by atoms with E-state index in [-0.39, 0.29) is 12.3 Å². The van der Waals surface area contributed by atoms with Crippen LogP contribution in [0.4, 0.5) is 0 Å². The number of aromatic nitrogens is 1. The third kappa shape index (κ3) is 4.95. The lowest BCUT2D eigenvalue weighted by Crippen LogP contribution is -2.19. The van der Waals surface area contributed by atoms with E-state index >= 15 is 0 Å². The van der Waals surface area contributed by atoms with E-state index in [0.717, 1.165) is 38.4 Å². The average molecular weight is 432 g/mol. The molecular weight excluding hydrogens is 410 g/mol. The number of carbonyl (C=O) groups excluding carboxylic acids is 1. The molecule has 0 radical (unpaired) electrons. The average Bonchev–Trinajstić information content (AvgIpc) is 3.13. The van der Waals surface area contributed by atoms with E-state index < -0.39 is 0 Å². The minimum Gasteiger partial charge on any atom is -0.497 e.